The van der Waals surface area contributed by atoms with Gasteiger partial charge in [0.25, 0.3) is 0 Å². The molecule has 284 valence electrons. The number of rotatable bonds is 12. The number of hydrogen-bond acceptors (Lipinski definition) is 21. The summed E-state index contributed by atoms with van der Waals surface area (Å²) in [7, 11) is 0. The molecule has 0 aromatic carbocycles. The lowest BCUT2D eigenvalue weighted by atomic mass is 9.95. The summed E-state index contributed by atoms with van der Waals surface area (Å²) in [5.41, 5.74) is 0. The third-order valence-electron chi connectivity index (χ3n) is 8.45. The van der Waals surface area contributed by atoms with Gasteiger partial charge < -0.3 is 104 Å². The fourth-order valence-corrected chi connectivity index (χ4v) is 5.79. The number of carboxylic acid groups (broad SMARTS) is 2. The molecular formula is C26H42O23. The third-order valence-corrected chi connectivity index (χ3v) is 8.45. The van der Waals surface area contributed by atoms with E-state index in [0.29, 0.717) is 0 Å². The van der Waals surface area contributed by atoms with Gasteiger partial charge in [0.2, 0.25) is 0 Å². The second-order valence-electron chi connectivity index (χ2n) is 11.7. The van der Waals surface area contributed by atoms with E-state index < -0.39 is 148 Å². The van der Waals surface area contributed by atoms with Crippen LogP contribution in [0.3, 0.4) is 0 Å². The summed E-state index contributed by atoms with van der Waals surface area (Å²) in [5, 5.41) is 134. The van der Waals surface area contributed by atoms with Gasteiger partial charge in [-0.2, -0.15) is 0 Å². The first-order valence-electron chi connectivity index (χ1n) is 15.1. The lowest BCUT2D eigenvalue weighted by molar-refractivity contribution is -0.385. The van der Waals surface area contributed by atoms with E-state index in [0.717, 1.165) is 0 Å². The van der Waals surface area contributed by atoms with E-state index in [9.17, 15) is 76.0 Å². The number of carboxylic acids is 2. The fraction of sp³-hybridized carbons (Fsp3) is 0.923. The number of ether oxygens (including phenoxy) is 8. The first-order chi connectivity index (χ1) is 23.1. The Morgan fingerprint density at radius 2 is 0.898 bits per heavy atom. The summed E-state index contributed by atoms with van der Waals surface area (Å²) in [6, 6.07) is 0. The molecule has 49 heavy (non-hydrogen) atoms. The van der Waals surface area contributed by atoms with Crippen LogP contribution in [-0.2, 0) is 47.5 Å². The minimum Gasteiger partial charge on any atom is -0.479 e. The number of aliphatic hydroxyl groups is 11. The Labute approximate surface area is 275 Å². The number of carbonyl (C=O) groups is 2. The van der Waals surface area contributed by atoms with Gasteiger partial charge in [-0.15, -0.1) is 0 Å². The van der Waals surface area contributed by atoms with E-state index in [1.807, 2.05) is 0 Å². The molecule has 0 saturated carbocycles. The summed E-state index contributed by atoms with van der Waals surface area (Å²) in [6.45, 7) is -0.459. The SMILES string of the molecule is CCOC1OC(C(=O)O)C(O)C(OC2OC(CO)C(OC3OC(C(=O)O)C(O)C(OC4OC(CO)C(O)C(O)C4O)C3O)C(O)C2O)C1O. The highest BCUT2D eigenvalue weighted by atomic mass is 16.8. The quantitative estimate of drug-likeness (QED) is 0.0889. The van der Waals surface area contributed by atoms with Crippen molar-refractivity contribution in [1.29, 1.82) is 0 Å². The van der Waals surface area contributed by atoms with Crippen molar-refractivity contribution in [2.75, 3.05) is 19.8 Å². The topological polar surface area (TPSA) is 371 Å². The monoisotopic (exact) mass is 722 g/mol. The van der Waals surface area contributed by atoms with Crippen molar-refractivity contribution < 1.29 is 114 Å². The van der Waals surface area contributed by atoms with Crippen molar-refractivity contribution in [3.63, 3.8) is 0 Å². The average Bonchev–Trinajstić information content (AvgIpc) is 3.06. The van der Waals surface area contributed by atoms with Gasteiger partial charge in [0.15, 0.2) is 37.4 Å². The van der Waals surface area contributed by atoms with Gasteiger partial charge in [-0.05, 0) is 6.92 Å². The molecule has 0 aromatic rings. The highest BCUT2D eigenvalue weighted by Crippen LogP contribution is 2.34. The third kappa shape index (κ3) is 8.15. The maximum atomic E-state index is 11.9. The standard InChI is InChI=1S/C26H42O23/c1-2-42-23-14(36)17(12(34)19(48-23)21(38)39)46-25-11(33)9(31)16(6(4-28)44-25)45-26-15(37)18(13(35)20(49-26)22(40)41)47-24-10(32)8(30)7(29)5(3-27)43-24/h5-20,23-37H,2-4H2,1H3,(H,38,39)(H,40,41). The van der Waals surface area contributed by atoms with E-state index in [-0.39, 0.29) is 6.61 Å². The molecular weight excluding hydrogens is 680 g/mol. The summed E-state index contributed by atoms with van der Waals surface area (Å²) in [4.78, 5) is 23.6. The zero-order valence-corrected chi connectivity index (χ0v) is 25.6. The van der Waals surface area contributed by atoms with Crippen LogP contribution >= 0.6 is 0 Å². The molecule has 0 amide bonds. The summed E-state index contributed by atoms with van der Waals surface area (Å²) in [6.07, 6.45) is -39.4. The van der Waals surface area contributed by atoms with E-state index in [4.69, 9.17) is 37.9 Å². The molecule has 0 radical (unpaired) electrons. The Balaban J connectivity index is 1.52. The Morgan fingerprint density at radius 3 is 1.37 bits per heavy atom. The van der Waals surface area contributed by atoms with Crippen molar-refractivity contribution in [3.8, 4) is 0 Å². The highest BCUT2D eigenvalue weighted by molar-refractivity contribution is 5.73. The second kappa shape index (κ2) is 16.7. The average molecular weight is 723 g/mol. The van der Waals surface area contributed by atoms with Crippen LogP contribution in [0.25, 0.3) is 0 Å². The Bertz CT molecular complexity index is 1100. The summed E-state index contributed by atoms with van der Waals surface area (Å²) < 4.78 is 42.5. The Hall–Kier alpha value is -1.82. The van der Waals surface area contributed by atoms with Gasteiger partial charge in [0, 0.05) is 6.61 Å². The van der Waals surface area contributed by atoms with Gasteiger partial charge in [0.1, 0.15) is 85.5 Å². The van der Waals surface area contributed by atoms with Crippen molar-refractivity contribution >= 4 is 11.9 Å². The zero-order chi connectivity index (χ0) is 36.5. The molecule has 20 unspecified atom stereocenters. The van der Waals surface area contributed by atoms with E-state index in [1.165, 1.54) is 6.92 Å². The van der Waals surface area contributed by atoms with Crippen LogP contribution in [0.5, 0.6) is 0 Å². The Kier molecular flexibility index (Phi) is 13.6. The maximum absolute atomic E-state index is 11.9. The van der Waals surface area contributed by atoms with Crippen molar-refractivity contribution in [1.82, 2.24) is 0 Å². The normalized spacial score (nSPS) is 49.4. The molecule has 0 bridgehead atoms. The molecule has 4 heterocycles. The maximum Gasteiger partial charge on any atom is 0.335 e. The predicted octanol–water partition coefficient (Wildman–Crippen LogP) is -8.52. The van der Waals surface area contributed by atoms with Gasteiger partial charge in [-0.25, -0.2) is 9.59 Å². The minimum absolute atomic E-state index is 0.0625. The lowest BCUT2D eigenvalue weighted by Gasteiger charge is -2.48. The molecule has 4 rings (SSSR count). The molecule has 4 fully saturated rings. The van der Waals surface area contributed by atoms with Crippen LogP contribution in [0.4, 0.5) is 0 Å². The fourth-order valence-electron chi connectivity index (χ4n) is 5.79. The highest BCUT2D eigenvalue weighted by Gasteiger charge is 2.57. The molecule has 0 aromatic heterocycles. The van der Waals surface area contributed by atoms with Crippen molar-refractivity contribution in [2.24, 2.45) is 0 Å². The van der Waals surface area contributed by atoms with Gasteiger partial charge >= 0.3 is 11.9 Å². The molecule has 0 spiro atoms. The molecule has 4 aliphatic rings. The molecule has 0 aliphatic carbocycles. The van der Waals surface area contributed by atoms with Crippen LogP contribution in [-0.4, -0.2) is 221 Å². The van der Waals surface area contributed by atoms with Crippen molar-refractivity contribution in [3.05, 3.63) is 0 Å². The number of aliphatic carboxylic acids is 2. The molecule has 20 atom stereocenters. The van der Waals surface area contributed by atoms with Crippen LogP contribution < -0.4 is 0 Å². The van der Waals surface area contributed by atoms with Gasteiger partial charge in [0.05, 0.1) is 13.2 Å². The molecule has 23 heteroatoms. The summed E-state index contributed by atoms with van der Waals surface area (Å²) >= 11 is 0. The largest absolute Gasteiger partial charge is 0.479 e. The van der Waals surface area contributed by atoms with Crippen LogP contribution in [0.1, 0.15) is 6.92 Å². The van der Waals surface area contributed by atoms with Gasteiger partial charge in [-0.1, -0.05) is 0 Å². The Morgan fingerprint density at radius 1 is 0.490 bits per heavy atom. The van der Waals surface area contributed by atoms with Crippen LogP contribution in [0.2, 0.25) is 0 Å². The predicted molar refractivity (Wildman–Crippen MR) is 144 cm³/mol. The minimum atomic E-state index is -2.23. The van der Waals surface area contributed by atoms with E-state index in [2.05, 4.69) is 0 Å². The van der Waals surface area contributed by atoms with Crippen LogP contribution in [0, 0.1) is 0 Å². The first-order valence-corrected chi connectivity index (χ1v) is 15.1. The second-order valence-corrected chi connectivity index (χ2v) is 11.7. The van der Waals surface area contributed by atoms with E-state index in [1.54, 1.807) is 0 Å². The first kappa shape index (κ1) is 40.0. The lowest BCUT2D eigenvalue weighted by Crippen LogP contribution is -2.68. The zero-order valence-electron chi connectivity index (χ0n) is 25.6. The van der Waals surface area contributed by atoms with Crippen LogP contribution in [0.15, 0.2) is 0 Å². The molecule has 4 aliphatic heterocycles. The number of aliphatic hydroxyl groups excluding tert-OH is 11. The summed E-state index contributed by atoms with van der Waals surface area (Å²) in [5.74, 6) is -3.48. The van der Waals surface area contributed by atoms with Gasteiger partial charge in [-0.3, -0.25) is 0 Å². The van der Waals surface area contributed by atoms with Crippen molar-refractivity contribution in [2.45, 2.75) is 130 Å². The van der Waals surface area contributed by atoms with E-state index >= 15 is 0 Å². The molecule has 13 N–H and O–H groups in total. The smallest absolute Gasteiger partial charge is 0.335 e. The molecule has 4 saturated heterocycles. The number of hydrogen-bond donors (Lipinski definition) is 13. The molecule has 23 nitrogen and oxygen atoms in total.